The predicted molar refractivity (Wildman–Crippen MR) is 81.0 cm³/mol. The molecule has 0 aromatic heterocycles. The molecule has 20 heavy (non-hydrogen) atoms. The van der Waals surface area contributed by atoms with E-state index < -0.39 is 14.1 Å². The minimum atomic E-state index is -1.78. The molecule has 0 N–H and O–H groups in total. The van der Waals surface area contributed by atoms with Crippen LogP contribution in [-0.4, -0.2) is 39.0 Å². The molecule has 0 unspecified atom stereocenters. The summed E-state index contributed by atoms with van der Waals surface area (Å²) in [6, 6.07) is 0. The Hall–Kier alpha value is -0.363. The van der Waals surface area contributed by atoms with Gasteiger partial charge in [-0.05, 0) is 32.0 Å². The third-order valence-corrected chi connectivity index (χ3v) is 9.03. The first-order chi connectivity index (χ1) is 8.93. The molecule has 5 heteroatoms. The number of hydrogen-bond acceptors (Lipinski definition) is 4. The molecule has 3 atom stereocenters. The molecular weight excluding hydrogens is 272 g/mol. The van der Waals surface area contributed by atoms with Crippen LogP contribution in [0.25, 0.3) is 0 Å². The lowest BCUT2D eigenvalue weighted by atomic mass is 10.1. The van der Waals surface area contributed by atoms with E-state index in [1.54, 1.807) is 0 Å². The smallest absolute Gasteiger partial charge is 0.192 e. The number of hydrogen-bond donors (Lipinski definition) is 0. The predicted octanol–water partition coefficient (Wildman–Crippen LogP) is 3.44. The van der Waals surface area contributed by atoms with E-state index in [0.717, 1.165) is 0 Å². The van der Waals surface area contributed by atoms with E-state index in [1.807, 2.05) is 13.8 Å². The molecule has 116 valence electrons. The van der Waals surface area contributed by atoms with Crippen molar-refractivity contribution in [2.24, 2.45) is 0 Å². The molecule has 2 aliphatic heterocycles. The fourth-order valence-corrected chi connectivity index (χ4v) is 3.29. The van der Waals surface area contributed by atoms with Crippen LogP contribution >= 0.6 is 0 Å². The van der Waals surface area contributed by atoms with E-state index >= 15 is 0 Å². The van der Waals surface area contributed by atoms with Gasteiger partial charge >= 0.3 is 0 Å². The topological polar surface area (TPSA) is 36.9 Å². The van der Waals surface area contributed by atoms with Crippen molar-refractivity contribution in [2.75, 3.05) is 6.61 Å². The average molecular weight is 300 g/mol. The summed E-state index contributed by atoms with van der Waals surface area (Å²) in [4.78, 5) is 0. The summed E-state index contributed by atoms with van der Waals surface area (Å²) in [5, 5.41) is 0.189. The molecular formula is C15H28O4Si. The van der Waals surface area contributed by atoms with E-state index in [2.05, 4.69) is 40.4 Å². The summed E-state index contributed by atoms with van der Waals surface area (Å²) in [6.45, 7) is 19.5. The molecule has 2 rings (SSSR count). The van der Waals surface area contributed by atoms with Gasteiger partial charge in [-0.1, -0.05) is 27.4 Å². The van der Waals surface area contributed by atoms with Crippen LogP contribution in [0.5, 0.6) is 0 Å². The fourth-order valence-electron chi connectivity index (χ4n) is 2.27. The second-order valence-corrected chi connectivity index (χ2v) is 12.5. The quantitative estimate of drug-likeness (QED) is 0.748. The lowest BCUT2D eigenvalue weighted by molar-refractivity contribution is -0.168. The van der Waals surface area contributed by atoms with Crippen molar-refractivity contribution in [1.29, 1.82) is 0 Å². The summed E-state index contributed by atoms with van der Waals surface area (Å²) < 4.78 is 23.8. The lowest BCUT2D eigenvalue weighted by Gasteiger charge is -2.37. The van der Waals surface area contributed by atoms with Gasteiger partial charge in [0.05, 0.1) is 6.61 Å². The van der Waals surface area contributed by atoms with E-state index in [0.29, 0.717) is 12.4 Å². The zero-order chi connectivity index (χ0) is 15.3. The van der Waals surface area contributed by atoms with Gasteiger partial charge in [-0.3, -0.25) is 0 Å². The van der Waals surface area contributed by atoms with Gasteiger partial charge in [0.2, 0.25) is 0 Å². The number of fused-ring (bicyclic) bond motifs is 1. The van der Waals surface area contributed by atoms with Crippen molar-refractivity contribution in [2.45, 2.75) is 76.8 Å². The van der Waals surface area contributed by atoms with Crippen LogP contribution in [0, 0.1) is 0 Å². The zero-order valence-corrected chi connectivity index (χ0v) is 14.8. The summed E-state index contributed by atoms with van der Waals surface area (Å²) in [5.41, 5.74) is 0. The van der Waals surface area contributed by atoms with Crippen molar-refractivity contribution in [3.05, 3.63) is 12.3 Å². The first-order valence-electron chi connectivity index (χ1n) is 7.28. The van der Waals surface area contributed by atoms with Gasteiger partial charge < -0.3 is 18.6 Å². The Bertz CT molecular complexity index is 397. The highest BCUT2D eigenvalue weighted by molar-refractivity contribution is 6.74. The molecule has 0 aromatic rings. The highest BCUT2D eigenvalue weighted by Gasteiger charge is 2.53. The zero-order valence-electron chi connectivity index (χ0n) is 13.8. The second-order valence-electron chi connectivity index (χ2n) is 7.71. The van der Waals surface area contributed by atoms with E-state index in [-0.39, 0.29) is 23.4 Å². The molecule has 0 spiro atoms. The summed E-state index contributed by atoms with van der Waals surface area (Å²) in [6.07, 6.45) is -0.399. The largest absolute Gasteiger partial charge is 0.487 e. The molecule has 2 heterocycles. The minimum absolute atomic E-state index is 0.109. The maximum atomic E-state index is 6.24. The molecule has 2 fully saturated rings. The van der Waals surface area contributed by atoms with Crippen LogP contribution in [0.15, 0.2) is 12.3 Å². The van der Waals surface area contributed by atoms with Crippen LogP contribution in [-0.2, 0) is 18.6 Å². The van der Waals surface area contributed by atoms with Gasteiger partial charge in [-0.2, -0.15) is 0 Å². The lowest BCUT2D eigenvalue weighted by Crippen LogP contribution is -2.44. The first kappa shape index (κ1) is 16.0. The number of rotatable bonds is 3. The highest BCUT2D eigenvalue weighted by atomic mass is 28.4. The fraction of sp³-hybridized carbons (Fsp3) is 0.867. The van der Waals surface area contributed by atoms with Gasteiger partial charge in [0.15, 0.2) is 14.1 Å². The monoisotopic (exact) mass is 300 g/mol. The Morgan fingerprint density at radius 2 is 1.85 bits per heavy atom. The third-order valence-electron chi connectivity index (χ3n) is 4.53. The van der Waals surface area contributed by atoms with E-state index in [9.17, 15) is 0 Å². The minimum Gasteiger partial charge on any atom is -0.487 e. The maximum absolute atomic E-state index is 6.24. The SMILES string of the molecule is C=C1O[C@H](CO[Si](C)(C)C(C)(C)C)[C@H]2OC(C)(C)O[C@@H]12. The summed E-state index contributed by atoms with van der Waals surface area (Å²) >= 11 is 0. The molecule has 0 amide bonds. The van der Waals surface area contributed by atoms with Gasteiger partial charge in [0.1, 0.15) is 24.1 Å². The Kier molecular flexibility index (Phi) is 3.87. The summed E-state index contributed by atoms with van der Waals surface area (Å²) in [5.74, 6) is 0.0847. The van der Waals surface area contributed by atoms with Gasteiger partial charge in [-0.25, -0.2) is 0 Å². The normalized spacial score (nSPS) is 33.1. The first-order valence-corrected chi connectivity index (χ1v) is 10.2. The molecule has 0 saturated carbocycles. The molecule has 2 saturated heterocycles. The molecule has 4 nitrogen and oxygen atoms in total. The van der Waals surface area contributed by atoms with Gasteiger partial charge in [0, 0.05) is 0 Å². The number of ether oxygens (including phenoxy) is 3. The Morgan fingerprint density at radius 3 is 2.40 bits per heavy atom. The van der Waals surface area contributed by atoms with Gasteiger partial charge in [0.25, 0.3) is 0 Å². The van der Waals surface area contributed by atoms with Crippen LogP contribution in [0.4, 0.5) is 0 Å². The van der Waals surface area contributed by atoms with Crippen molar-refractivity contribution in [3.63, 3.8) is 0 Å². The molecule has 0 aliphatic carbocycles. The van der Waals surface area contributed by atoms with Crippen LogP contribution in [0.1, 0.15) is 34.6 Å². The summed E-state index contributed by atoms with van der Waals surface area (Å²) in [7, 11) is -1.78. The van der Waals surface area contributed by atoms with E-state index in [1.165, 1.54) is 0 Å². The van der Waals surface area contributed by atoms with E-state index in [4.69, 9.17) is 18.6 Å². The molecule has 0 radical (unpaired) electrons. The average Bonchev–Trinajstić information content (AvgIpc) is 2.70. The van der Waals surface area contributed by atoms with Crippen molar-refractivity contribution in [1.82, 2.24) is 0 Å². The molecule has 0 aromatic carbocycles. The Morgan fingerprint density at radius 1 is 1.25 bits per heavy atom. The van der Waals surface area contributed by atoms with Crippen LogP contribution < -0.4 is 0 Å². The third kappa shape index (κ3) is 2.96. The van der Waals surface area contributed by atoms with Crippen molar-refractivity contribution >= 4 is 8.32 Å². The van der Waals surface area contributed by atoms with Gasteiger partial charge in [-0.15, -0.1) is 0 Å². The highest BCUT2D eigenvalue weighted by Crippen LogP contribution is 2.41. The standard InChI is InChI=1S/C15H28O4Si/c1-10-12-13(19-15(5,6)18-12)11(17-10)9-16-20(7,8)14(2,3)4/h11-13H,1,9H2,2-8H3/t11-,12+,13-/m1/s1. The van der Waals surface area contributed by atoms with Crippen LogP contribution in [0.3, 0.4) is 0 Å². The Balaban J connectivity index is 2.00. The second kappa shape index (κ2) is 4.83. The van der Waals surface area contributed by atoms with Crippen molar-refractivity contribution < 1.29 is 18.6 Å². The maximum Gasteiger partial charge on any atom is 0.192 e. The Labute approximate surface area is 123 Å². The van der Waals surface area contributed by atoms with Crippen molar-refractivity contribution in [3.8, 4) is 0 Å². The molecule has 0 bridgehead atoms. The van der Waals surface area contributed by atoms with Crippen LogP contribution in [0.2, 0.25) is 18.1 Å². The molecule has 2 aliphatic rings.